The van der Waals surface area contributed by atoms with Crippen molar-refractivity contribution in [3.8, 4) is 0 Å². The number of benzene rings is 2. The summed E-state index contributed by atoms with van der Waals surface area (Å²) in [5, 5.41) is 22.3. The fraction of sp³-hybridized carbons (Fsp3) is 0.412. The summed E-state index contributed by atoms with van der Waals surface area (Å²) in [5.41, 5.74) is 3.22. The summed E-state index contributed by atoms with van der Waals surface area (Å²) in [4.78, 5) is 35.8. The topological polar surface area (TPSA) is 99.3 Å². The van der Waals surface area contributed by atoms with Crippen molar-refractivity contribution in [3.63, 3.8) is 0 Å². The lowest BCUT2D eigenvalue weighted by Crippen LogP contribution is -2.33. The molecule has 2 aromatic rings. The molecular formula is C34H40N2O4. The summed E-state index contributed by atoms with van der Waals surface area (Å²) in [6.07, 6.45) is 1.83. The van der Waals surface area contributed by atoms with E-state index in [0.717, 1.165) is 11.1 Å². The van der Waals surface area contributed by atoms with Crippen molar-refractivity contribution >= 4 is 23.0 Å². The third-order valence-corrected chi connectivity index (χ3v) is 7.47. The summed E-state index contributed by atoms with van der Waals surface area (Å²) in [6, 6.07) is 19.6. The van der Waals surface area contributed by atoms with Crippen LogP contribution in [0, 0.1) is 10.8 Å². The maximum absolute atomic E-state index is 13.2. The van der Waals surface area contributed by atoms with E-state index in [9.17, 15) is 19.8 Å². The van der Waals surface area contributed by atoms with E-state index in [1.807, 2.05) is 88.4 Å². The Morgan fingerprint density at radius 1 is 0.625 bits per heavy atom. The van der Waals surface area contributed by atoms with Gasteiger partial charge < -0.3 is 10.2 Å². The number of hydrogen-bond acceptors (Lipinski definition) is 6. The first-order valence-corrected chi connectivity index (χ1v) is 14.0. The molecule has 4 rings (SSSR count). The fourth-order valence-corrected chi connectivity index (χ4v) is 5.53. The predicted molar refractivity (Wildman–Crippen MR) is 160 cm³/mol. The van der Waals surface area contributed by atoms with Crippen molar-refractivity contribution in [1.82, 2.24) is 0 Å². The average Bonchev–Trinajstić information content (AvgIpc) is 2.88. The van der Waals surface area contributed by atoms with Gasteiger partial charge in [0.2, 0.25) is 0 Å². The second-order valence-electron chi connectivity index (χ2n) is 12.5. The van der Waals surface area contributed by atoms with Crippen LogP contribution < -0.4 is 0 Å². The van der Waals surface area contributed by atoms with Gasteiger partial charge in [-0.2, -0.15) is 0 Å². The zero-order valence-corrected chi connectivity index (χ0v) is 24.0. The summed E-state index contributed by atoms with van der Waals surface area (Å²) in [7, 11) is 0. The zero-order valence-electron chi connectivity index (χ0n) is 24.0. The number of aliphatic hydroxyl groups excluding tert-OH is 2. The second kappa shape index (κ2) is 12.2. The molecule has 2 aliphatic rings. The minimum atomic E-state index is -0.258. The summed E-state index contributed by atoms with van der Waals surface area (Å²) >= 11 is 0. The highest BCUT2D eigenvalue weighted by molar-refractivity contribution is 6.25. The quantitative estimate of drug-likeness (QED) is 0.281. The third-order valence-electron chi connectivity index (χ3n) is 7.47. The zero-order chi connectivity index (χ0) is 28.9. The molecule has 0 spiro atoms. The Labute approximate surface area is 237 Å². The van der Waals surface area contributed by atoms with E-state index >= 15 is 0 Å². The van der Waals surface area contributed by atoms with Gasteiger partial charge >= 0.3 is 0 Å². The van der Waals surface area contributed by atoms with Crippen molar-refractivity contribution in [2.24, 2.45) is 20.8 Å². The van der Waals surface area contributed by atoms with Crippen molar-refractivity contribution in [2.75, 3.05) is 0 Å². The number of aliphatic imine (C=N–C) groups is 2. The molecule has 6 nitrogen and oxygen atoms in total. The lowest BCUT2D eigenvalue weighted by atomic mass is 9.72. The molecule has 2 saturated carbocycles. The Kier molecular flexibility index (Phi) is 8.87. The van der Waals surface area contributed by atoms with Gasteiger partial charge in [-0.05, 0) is 34.8 Å². The molecule has 2 aromatic carbocycles. The number of carbonyl (C=O) groups excluding carboxylic acids is 2. The van der Waals surface area contributed by atoms with Crippen LogP contribution in [0.1, 0.15) is 77.3 Å². The van der Waals surface area contributed by atoms with E-state index in [0.29, 0.717) is 50.2 Å². The highest BCUT2D eigenvalue weighted by Gasteiger charge is 2.38. The number of hydrogen-bond donors (Lipinski definition) is 2. The number of rotatable bonds is 7. The van der Waals surface area contributed by atoms with Crippen LogP contribution in [0.25, 0.3) is 0 Å². The van der Waals surface area contributed by atoms with Crippen LogP contribution in [0.15, 0.2) is 93.3 Å². The number of carbonyl (C=O) groups is 2. The summed E-state index contributed by atoms with van der Waals surface area (Å²) < 4.78 is 0. The van der Waals surface area contributed by atoms with Gasteiger partial charge in [0.15, 0.2) is 11.6 Å². The van der Waals surface area contributed by atoms with Crippen molar-refractivity contribution in [2.45, 2.75) is 79.3 Å². The molecule has 0 radical (unpaired) electrons. The van der Waals surface area contributed by atoms with E-state index in [2.05, 4.69) is 0 Å². The van der Waals surface area contributed by atoms with Crippen molar-refractivity contribution < 1.29 is 19.8 Å². The van der Waals surface area contributed by atoms with Crippen LogP contribution in [0.4, 0.5) is 0 Å². The van der Waals surface area contributed by atoms with E-state index < -0.39 is 0 Å². The van der Waals surface area contributed by atoms with Crippen LogP contribution in [0.5, 0.6) is 0 Å². The van der Waals surface area contributed by atoms with Crippen molar-refractivity contribution in [3.05, 3.63) is 94.5 Å². The Morgan fingerprint density at radius 2 is 0.975 bits per heavy atom. The molecule has 0 aliphatic heterocycles. The minimum Gasteiger partial charge on any atom is -0.511 e. The largest absolute Gasteiger partial charge is 0.511 e. The fourth-order valence-electron chi connectivity index (χ4n) is 5.53. The maximum atomic E-state index is 13.2. The van der Waals surface area contributed by atoms with E-state index in [1.165, 1.54) is 0 Å². The first kappa shape index (κ1) is 29.2. The third kappa shape index (κ3) is 7.44. The van der Waals surface area contributed by atoms with Crippen LogP contribution in [0.2, 0.25) is 0 Å². The standard InChI is InChI=1S/C34H40N2O4/c1-33(2)17-25(35-21-23-11-7-5-8-12-23)31(29(39)19-33)27(37)15-16-28(38)32-26(18-34(3,4)20-30(32)40)36-22-24-13-9-6-10-14-24/h5-14,37-38H,15-22H2,1-4H3. The number of aliphatic hydroxyl groups is 2. The van der Waals surface area contributed by atoms with Gasteiger partial charge in [0.1, 0.15) is 11.5 Å². The number of nitrogens with zero attached hydrogens (tertiary/aromatic N) is 2. The number of allylic oxidation sites excluding steroid dienone is 4. The maximum Gasteiger partial charge on any atom is 0.168 e. The summed E-state index contributed by atoms with van der Waals surface area (Å²) in [6.45, 7) is 8.94. The monoisotopic (exact) mass is 540 g/mol. The Morgan fingerprint density at radius 3 is 1.32 bits per heavy atom. The highest BCUT2D eigenvalue weighted by atomic mass is 16.3. The van der Waals surface area contributed by atoms with Gasteiger partial charge in [-0.1, -0.05) is 88.4 Å². The molecule has 0 heterocycles. The lowest BCUT2D eigenvalue weighted by molar-refractivity contribution is -0.118. The van der Waals surface area contributed by atoms with Gasteiger partial charge in [-0.3, -0.25) is 19.6 Å². The first-order valence-electron chi connectivity index (χ1n) is 14.0. The average molecular weight is 541 g/mol. The highest BCUT2D eigenvalue weighted by Crippen LogP contribution is 2.38. The molecule has 0 aromatic heterocycles. The van der Waals surface area contributed by atoms with Crippen LogP contribution in [-0.4, -0.2) is 33.2 Å². The molecule has 2 N–H and O–H groups in total. The van der Waals surface area contributed by atoms with Crippen LogP contribution >= 0.6 is 0 Å². The Bertz CT molecular complexity index is 1270. The molecule has 2 fully saturated rings. The number of Topliss-reactive ketones (excluding diaryl/α,β-unsaturated/α-hetero) is 2. The summed E-state index contributed by atoms with van der Waals surface area (Å²) in [5.74, 6) is -0.474. The molecule has 0 unspecified atom stereocenters. The molecular weight excluding hydrogens is 500 g/mol. The molecule has 0 atom stereocenters. The minimum absolute atomic E-state index is 0.0316. The molecule has 40 heavy (non-hydrogen) atoms. The Hall–Kier alpha value is -3.80. The van der Waals surface area contributed by atoms with Gasteiger partial charge in [0.05, 0.1) is 24.2 Å². The van der Waals surface area contributed by atoms with Crippen molar-refractivity contribution in [1.29, 1.82) is 0 Å². The van der Waals surface area contributed by atoms with Gasteiger partial charge in [-0.15, -0.1) is 0 Å². The van der Waals surface area contributed by atoms with Crippen LogP contribution in [-0.2, 0) is 22.7 Å². The second-order valence-corrected chi connectivity index (χ2v) is 12.5. The molecule has 0 bridgehead atoms. The molecule has 0 amide bonds. The first-order chi connectivity index (χ1) is 18.9. The van der Waals surface area contributed by atoms with E-state index in [-0.39, 0.29) is 57.9 Å². The van der Waals surface area contributed by atoms with E-state index in [4.69, 9.17) is 9.98 Å². The van der Waals surface area contributed by atoms with Gasteiger partial charge in [-0.25, -0.2) is 0 Å². The molecule has 2 aliphatic carbocycles. The molecule has 0 saturated heterocycles. The molecule has 6 heteroatoms. The van der Waals surface area contributed by atoms with E-state index in [1.54, 1.807) is 0 Å². The Balaban J connectivity index is 1.60. The lowest BCUT2D eigenvalue weighted by Gasteiger charge is -2.32. The normalized spacial score (nSPS) is 23.4. The smallest absolute Gasteiger partial charge is 0.168 e. The SMILES string of the molecule is CC1(C)CC(=O)C(=C(O)CCC(O)=C2C(=O)CC(C)(C)CC2=NCc2ccccc2)C(=NCc2ccccc2)C1. The molecule has 210 valence electrons. The van der Waals surface area contributed by atoms with Gasteiger partial charge in [0, 0.05) is 37.1 Å². The van der Waals surface area contributed by atoms with Crippen LogP contribution in [0.3, 0.4) is 0 Å². The predicted octanol–water partition coefficient (Wildman–Crippen LogP) is 7.45. The van der Waals surface area contributed by atoms with Gasteiger partial charge in [0.25, 0.3) is 0 Å². The number of ketones is 2.